The van der Waals surface area contributed by atoms with Gasteiger partial charge in [-0.25, -0.2) is 0 Å². The van der Waals surface area contributed by atoms with E-state index in [-0.39, 0.29) is 0 Å². The maximum atomic E-state index is 5.81. The van der Waals surface area contributed by atoms with E-state index in [0.29, 0.717) is 0 Å². The van der Waals surface area contributed by atoms with Crippen molar-refractivity contribution >= 4 is 0 Å². The van der Waals surface area contributed by atoms with E-state index in [4.69, 9.17) is 4.74 Å². The average molecular weight is 233 g/mol. The number of hydrogen-bond acceptors (Lipinski definition) is 2. The monoisotopic (exact) mass is 233 g/mol. The van der Waals surface area contributed by atoms with E-state index in [2.05, 4.69) is 30.4 Å². The summed E-state index contributed by atoms with van der Waals surface area (Å²) in [5.41, 5.74) is 2.79. The third-order valence-corrected chi connectivity index (χ3v) is 3.24. The second-order valence-corrected chi connectivity index (χ2v) is 4.71. The lowest BCUT2D eigenvalue weighted by molar-refractivity contribution is 0.285. The van der Waals surface area contributed by atoms with Gasteiger partial charge in [-0.05, 0) is 56.3 Å². The van der Waals surface area contributed by atoms with Crippen molar-refractivity contribution in [3.05, 3.63) is 29.3 Å². The summed E-state index contributed by atoms with van der Waals surface area (Å²) in [6.45, 7) is 5.33. The summed E-state index contributed by atoms with van der Waals surface area (Å²) in [5.74, 6) is 1.18. The van der Waals surface area contributed by atoms with Crippen molar-refractivity contribution < 1.29 is 4.74 Å². The van der Waals surface area contributed by atoms with Gasteiger partial charge in [0.2, 0.25) is 0 Å². The Bertz CT molecular complexity index is 349. The second kappa shape index (κ2) is 6.65. The molecular formula is C15H23NO. The molecule has 0 unspecified atom stereocenters. The zero-order chi connectivity index (χ0) is 11.9. The van der Waals surface area contributed by atoms with Crippen LogP contribution >= 0.6 is 0 Å². The van der Waals surface area contributed by atoms with E-state index in [1.807, 2.05) is 0 Å². The largest absolute Gasteiger partial charge is 0.493 e. The predicted molar refractivity (Wildman–Crippen MR) is 71.7 cm³/mol. The predicted octanol–water partition coefficient (Wildman–Crippen LogP) is 2.94. The van der Waals surface area contributed by atoms with Gasteiger partial charge in [0.25, 0.3) is 0 Å². The van der Waals surface area contributed by atoms with Crippen LogP contribution in [-0.4, -0.2) is 19.7 Å². The van der Waals surface area contributed by atoms with Crippen molar-refractivity contribution in [2.75, 3.05) is 19.7 Å². The Balaban J connectivity index is 1.87. The molecule has 1 aliphatic rings. The zero-order valence-electron chi connectivity index (χ0n) is 10.8. The Hall–Kier alpha value is -1.02. The number of benzene rings is 1. The van der Waals surface area contributed by atoms with Crippen LogP contribution in [0, 0.1) is 0 Å². The minimum atomic E-state index is 0.887. The number of hydrogen-bond donors (Lipinski definition) is 1. The van der Waals surface area contributed by atoms with Crippen LogP contribution in [0.4, 0.5) is 0 Å². The molecule has 94 valence electrons. The fourth-order valence-corrected chi connectivity index (χ4v) is 2.36. The Labute approximate surface area is 104 Å². The number of ether oxygens (including phenoxy) is 1. The minimum Gasteiger partial charge on any atom is -0.493 e. The molecule has 0 aliphatic carbocycles. The summed E-state index contributed by atoms with van der Waals surface area (Å²) in [7, 11) is 0. The molecule has 0 spiro atoms. The van der Waals surface area contributed by atoms with Crippen LogP contribution in [0.2, 0.25) is 0 Å². The van der Waals surface area contributed by atoms with Crippen molar-refractivity contribution in [1.29, 1.82) is 0 Å². The van der Waals surface area contributed by atoms with Crippen molar-refractivity contribution in [3.63, 3.8) is 0 Å². The summed E-state index contributed by atoms with van der Waals surface area (Å²) in [4.78, 5) is 0. The van der Waals surface area contributed by atoms with Crippen LogP contribution in [-0.2, 0) is 12.8 Å². The molecule has 1 aliphatic heterocycles. The van der Waals surface area contributed by atoms with Gasteiger partial charge >= 0.3 is 0 Å². The van der Waals surface area contributed by atoms with E-state index in [0.717, 1.165) is 32.5 Å². The molecule has 2 heteroatoms. The summed E-state index contributed by atoms with van der Waals surface area (Å²) >= 11 is 0. The standard InChI is InChI=1S/C15H23NO/c1-2-10-16-11-4-8-13-6-3-7-14-9-5-12-17-15(13)14/h3,6-7,16H,2,4-5,8-12H2,1H3. The molecule has 0 saturated heterocycles. The lowest BCUT2D eigenvalue weighted by atomic mass is 10.00. The molecule has 0 aromatic heterocycles. The maximum absolute atomic E-state index is 5.81. The Morgan fingerprint density at radius 2 is 2.24 bits per heavy atom. The van der Waals surface area contributed by atoms with E-state index in [1.165, 1.54) is 36.1 Å². The summed E-state index contributed by atoms with van der Waals surface area (Å²) in [6, 6.07) is 6.58. The highest BCUT2D eigenvalue weighted by molar-refractivity contribution is 5.42. The van der Waals surface area contributed by atoms with Crippen molar-refractivity contribution in [3.8, 4) is 5.75 Å². The van der Waals surface area contributed by atoms with Crippen LogP contribution < -0.4 is 10.1 Å². The molecule has 1 aromatic rings. The molecule has 0 radical (unpaired) electrons. The number of aryl methyl sites for hydroxylation is 2. The highest BCUT2D eigenvalue weighted by Gasteiger charge is 2.13. The molecule has 2 rings (SSSR count). The molecule has 0 fully saturated rings. The van der Waals surface area contributed by atoms with Crippen LogP contribution in [0.3, 0.4) is 0 Å². The molecule has 1 N–H and O–H groups in total. The lowest BCUT2D eigenvalue weighted by Gasteiger charge is -2.20. The molecule has 17 heavy (non-hydrogen) atoms. The molecule has 0 bridgehead atoms. The smallest absolute Gasteiger partial charge is 0.125 e. The topological polar surface area (TPSA) is 21.3 Å². The Morgan fingerprint density at radius 3 is 3.12 bits per heavy atom. The van der Waals surface area contributed by atoms with Gasteiger partial charge in [0, 0.05) is 0 Å². The van der Waals surface area contributed by atoms with Crippen molar-refractivity contribution in [2.45, 2.75) is 39.0 Å². The van der Waals surface area contributed by atoms with E-state index in [1.54, 1.807) is 0 Å². The van der Waals surface area contributed by atoms with Gasteiger partial charge in [-0.3, -0.25) is 0 Å². The highest BCUT2D eigenvalue weighted by atomic mass is 16.5. The zero-order valence-corrected chi connectivity index (χ0v) is 10.8. The van der Waals surface area contributed by atoms with Gasteiger partial charge in [0.15, 0.2) is 0 Å². The van der Waals surface area contributed by atoms with Gasteiger partial charge in [0.05, 0.1) is 6.61 Å². The third kappa shape index (κ3) is 3.47. The van der Waals surface area contributed by atoms with Gasteiger partial charge in [-0.15, -0.1) is 0 Å². The fourth-order valence-electron chi connectivity index (χ4n) is 2.36. The van der Waals surface area contributed by atoms with Gasteiger partial charge in [-0.1, -0.05) is 25.1 Å². The first kappa shape index (κ1) is 12.4. The Morgan fingerprint density at radius 1 is 1.29 bits per heavy atom. The minimum absolute atomic E-state index is 0.887. The summed E-state index contributed by atoms with van der Waals surface area (Å²) < 4.78 is 5.81. The molecule has 2 nitrogen and oxygen atoms in total. The SMILES string of the molecule is CCCNCCCc1cccc2c1OCCC2. The number of para-hydroxylation sites is 1. The first-order chi connectivity index (χ1) is 8.42. The molecule has 0 amide bonds. The van der Waals surface area contributed by atoms with Crippen LogP contribution in [0.15, 0.2) is 18.2 Å². The van der Waals surface area contributed by atoms with Crippen molar-refractivity contribution in [2.24, 2.45) is 0 Å². The van der Waals surface area contributed by atoms with E-state index < -0.39 is 0 Å². The first-order valence-corrected chi connectivity index (χ1v) is 6.86. The van der Waals surface area contributed by atoms with E-state index >= 15 is 0 Å². The third-order valence-electron chi connectivity index (χ3n) is 3.24. The summed E-state index contributed by atoms with van der Waals surface area (Å²) in [6.07, 6.45) is 5.87. The quantitative estimate of drug-likeness (QED) is 0.763. The highest BCUT2D eigenvalue weighted by Crippen LogP contribution is 2.29. The van der Waals surface area contributed by atoms with Gasteiger partial charge in [-0.2, -0.15) is 0 Å². The van der Waals surface area contributed by atoms with Crippen LogP contribution in [0.25, 0.3) is 0 Å². The van der Waals surface area contributed by atoms with E-state index in [9.17, 15) is 0 Å². The lowest BCUT2D eigenvalue weighted by Crippen LogP contribution is -2.17. The van der Waals surface area contributed by atoms with Crippen LogP contribution in [0.5, 0.6) is 5.75 Å². The molecule has 0 atom stereocenters. The van der Waals surface area contributed by atoms with Gasteiger partial charge in [0.1, 0.15) is 5.75 Å². The number of fused-ring (bicyclic) bond motifs is 1. The number of nitrogens with one attached hydrogen (secondary N) is 1. The number of rotatable bonds is 6. The molecule has 1 aromatic carbocycles. The van der Waals surface area contributed by atoms with Crippen LogP contribution in [0.1, 0.15) is 37.3 Å². The maximum Gasteiger partial charge on any atom is 0.125 e. The average Bonchev–Trinajstić information content (AvgIpc) is 2.39. The van der Waals surface area contributed by atoms with Gasteiger partial charge < -0.3 is 10.1 Å². The molecule has 0 saturated carbocycles. The van der Waals surface area contributed by atoms with Crippen molar-refractivity contribution in [1.82, 2.24) is 5.32 Å². The fraction of sp³-hybridized carbons (Fsp3) is 0.600. The Kier molecular flexibility index (Phi) is 4.87. The molecule has 1 heterocycles. The summed E-state index contributed by atoms with van der Waals surface area (Å²) in [5, 5.41) is 3.44. The normalized spacial score (nSPS) is 14.2. The second-order valence-electron chi connectivity index (χ2n) is 4.71. The molecular weight excluding hydrogens is 210 g/mol. The first-order valence-electron chi connectivity index (χ1n) is 6.86.